The minimum Gasteiger partial charge on any atom is -0.322 e. The number of benzene rings is 1. The number of hydrogen-bond acceptors (Lipinski definition) is 4. The second-order valence-corrected chi connectivity index (χ2v) is 5.08. The summed E-state index contributed by atoms with van der Waals surface area (Å²) in [5.74, 6) is -0.393. The fourth-order valence-corrected chi connectivity index (χ4v) is 1.89. The summed E-state index contributed by atoms with van der Waals surface area (Å²) in [6.07, 6.45) is 2.79. The first-order valence-corrected chi connectivity index (χ1v) is 6.44. The average Bonchev–Trinajstić information content (AvgIpc) is 2.81. The molecule has 0 aliphatic rings. The highest BCUT2D eigenvalue weighted by atomic mass is 32.2. The Bertz CT molecular complexity index is 664. The second kappa shape index (κ2) is 4.59. The molecule has 0 bridgehead atoms. The molecule has 94 valence electrons. The molecule has 1 heterocycles. The van der Waals surface area contributed by atoms with Crippen molar-refractivity contribution in [3.05, 3.63) is 42.2 Å². The molecule has 0 saturated heterocycles. The van der Waals surface area contributed by atoms with Gasteiger partial charge in [-0.15, -0.1) is 0 Å². The monoisotopic (exact) mass is 266 g/mol. The molecule has 18 heavy (non-hydrogen) atoms. The van der Waals surface area contributed by atoms with Gasteiger partial charge < -0.3 is 5.32 Å². The fraction of sp³-hybridized carbons (Fsp3) is 0. The van der Waals surface area contributed by atoms with Crippen LogP contribution in [0.15, 0.2) is 41.6 Å². The number of nitrogens with zero attached hydrogens (tertiary/aromatic N) is 1. The van der Waals surface area contributed by atoms with Gasteiger partial charge in [-0.3, -0.25) is 9.89 Å². The Balaban J connectivity index is 2.23. The molecule has 2 rings (SSSR count). The number of aromatic nitrogens is 2. The summed E-state index contributed by atoms with van der Waals surface area (Å²) in [5.41, 5.74) is 0.684. The zero-order valence-electron chi connectivity index (χ0n) is 9.12. The SMILES string of the molecule is NS(=O)(=O)c1cccc(NC(=O)c2cn[nH]c2)c1. The van der Waals surface area contributed by atoms with E-state index in [1.165, 1.54) is 30.6 Å². The zero-order valence-corrected chi connectivity index (χ0v) is 9.94. The highest BCUT2D eigenvalue weighted by Crippen LogP contribution is 2.14. The molecule has 2 aromatic rings. The van der Waals surface area contributed by atoms with Gasteiger partial charge in [0.15, 0.2) is 0 Å². The van der Waals surface area contributed by atoms with Gasteiger partial charge in [0.25, 0.3) is 5.91 Å². The summed E-state index contributed by atoms with van der Waals surface area (Å²) in [6.45, 7) is 0. The minimum absolute atomic E-state index is 0.0625. The van der Waals surface area contributed by atoms with E-state index >= 15 is 0 Å². The molecule has 0 fully saturated rings. The van der Waals surface area contributed by atoms with Crippen molar-refractivity contribution in [1.29, 1.82) is 0 Å². The third kappa shape index (κ3) is 2.73. The molecule has 1 aromatic carbocycles. The van der Waals surface area contributed by atoms with Gasteiger partial charge in [0.05, 0.1) is 16.7 Å². The number of hydrogen-bond donors (Lipinski definition) is 3. The van der Waals surface area contributed by atoms with E-state index < -0.39 is 15.9 Å². The van der Waals surface area contributed by atoms with Crippen LogP contribution in [-0.2, 0) is 10.0 Å². The lowest BCUT2D eigenvalue weighted by atomic mass is 10.3. The van der Waals surface area contributed by atoms with Gasteiger partial charge >= 0.3 is 0 Å². The zero-order chi connectivity index (χ0) is 13.2. The Labute approximate surface area is 103 Å². The normalized spacial score (nSPS) is 11.2. The first-order valence-electron chi connectivity index (χ1n) is 4.90. The lowest BCUT2D eigenvalue weighted by molar-refractivity contribution is 0.102. The van der Waals surface area contributed by atoms with E-state index in [0.29, 0.717) is 11.3 Å². The number of sulfonamides is 1. The summed E-state index contributed by atoms with van der Waals surface area (Å²) < 4.78 is 22.3. The maximum atomic E-state index is 11.7. The number of carbonyl (C=O) groups is 1. The van der Waals surface area contributed by atoms with Crippen LogP contribution in [-0.4, -0.2) is 24.5 Å². The fourth-order valence-electron chi connectivity index (χ4n) is 1.33. The van der Waals surface area contributed by atoms with Crippen LogP contribution in [0.25, 0.3) is 0 Å². The van der Waals surface area contributed by atoms with Crippen molar-refractivity contribution in [2.75, 3.05) is 5.32 Å². The standard InChI is InChI=1S/C10H10N4O3S/c11-18(16,17)9-3-1-2-8(4-9)14-10(15)7-5-12-13-6-7/h1-6H,(H,12,13)(H,14,15)(H2,11,16,17). The molecule has 0 spiro atoms. The van der Waals surface area contributed by atoms with Crippen molar-refractivity contribution in [2.45, 2.75) is 4.90 Å². The first kappa shape index (κ1) is 12.3. The van der Waals surface area contributed by atoms with Crippen LogP contribution >= 0.6 is 0 Å². The van der Waals surface area contributed by atoms with Gasteiger partial charge in [-0.2, -0.15) is 5.10 Å². The summed E-state index contributed by atoms with van der Waals surface area (Å²) >= 11 is 0. The molecule has 0 atom stereocenters. The van der Waals surface area contributed by atoms with Crippen molar-refractivity contribution < 1.29 is 13.2 Å². The second-order valence-electron chi connectivity index (χ2n) is 3.51. The quantitative estimate of drug-likeness (QED) is 0.740. The van der Waals surface area contributed by atoms with Gasteiger partial charge in [-0.25, -0.2) is 13.6 Å². The molecule has 0 radical (unpaired) electrons. The van der Waals surface area contributed by atoms with Crippen LogP contribution in [0.5, 0.6) is 0 Å². The van der Waals surface area contributed by atoms with Crippen molar-refractivity contribution >= 4 is 21.6 Å². The number of nitrogens with one attached hydrogen (secondary N) is 2. The topological polar surface area (TPSA) is 118 Å². The van der Waals surface area contributed by atoms with Gasteiger partial charge in [-0.1, -0.05) is 6.07 Å². The number of anilines is 1. The van der Waals surface area contributed by atoms with Crippen LogP contribution in [0.3, 0.4) is 0 Å². The highest BCUT2D eigenvalue weighted by molar-refractivity contribution is 7.89. The Morgan fingerprint density at radius 2 is 2.17 bits per heavy atom. The van der Waals surface area contributed by atoms with E-state index in [1.54, 1.807) is 6.07 Å². The molecular formula is C10H10N4O3S. The first-order chi connectivity index (χ1) is 8.47. The molecular weight excluding hydrogens is 256 g/mol. The molecule has 0 aliphatic carbocycles. The summed E-state index contributed by atoms with van der Waals surface area (Å²) in [6, 6.07) is 5.69. The molecule has 1 aromatic heterocycles. The largest absolute Gasteiger partial charge is 0.322 e. The van der Waals surface area contributed by atoms with Crippen LogP contribution in [0, 0.1) is 0 Å². The van der Waals surface area contributed by atoms with E-state index in [4.69, 9.17) is 5.14 Å². The number of nitrogens with two attached hydrogens (primary N) is 1. The Morgan fingerprint density at radius 1 is 1.39 bits per heavy atom. The van der Waals surface area contributed by atoms with Crippen LogP contribution < -0.4 is 10.5 Å². The van der Waals surface area contributed by atoms with Crippen LogP contribution in [0.1, 0.15) is 10.4 Å². The van der Waals surface area contributed by atoms with Crippen molar-refractivity contribution in [3.8, 4) is 0 Å². The molecule has 1 amide bonds. The smallest absolute Gasteiger partial charge is 0.258 e. The number of aromatic amines is 1. The van der Waals surface area contributed by atoms with E-state index in [0.717, 1.165) is 0 Å². The van der Waals surface area contributed by atoms with Crippen LogP contribution in [0.2, 0.25) is 0 Å². The molecule has 8 heteroatoms. The summed E-state index contributed by atoms with van der Waals surface area (Å²) in [7, 11) is -3.78. The maximum absolute atomic E-state index is 11.7. The third-order valence-corrected chi connectivity index (χ3v) is 3.09. The van der Waals surface area contributed by atoms with Crippen molar-refractivity contribution in [3.63, 3.8) is 0 Å². The number of carbonyl (C=O) groups excluding carboxylic acids is 1. The van der Waals surface area contributed by atoms with E-state index in [1.807, 2.05) is 0 Å². The Hall–Kier alpha value is -2.19. The Morgan fingerprint density at radius 3 is 2.78 bits per heavy atom. The third-order valence-electron chi connectivity index (χ3n) is 2.18. The molecule has 7 nitrogen and oxygen atoms in total. The molecule has 0 saturated carbocycles. The maximum Gasteiger partial charge on any atom is 0.258 e. The lowest BCUT2D eigenvalue weighted by Gasteiger charge is -2.05. The number of rotatable bonds is 3. The lowest BCUT2D eigenvalue weighted by Crippen LogP contribution is -2.14. The minimum atomic E-state index is -3.78. The molecule has 4 N–H and O–H groups in total. The van der Waals surface area contributed by atoms with Crippen LogP contribution in [0.4, 0.5) is 5.69 Å². The molecule has 0 unspecified atom stereocenters. The number of primary sulfonamides is 1. The van der Waals surface area contributed by atoms with Gasteiger partial charge in [-0.05, 0) is 18.2 Å². The van der Waals surface area contributed by atoms with Crippen molar-refractivity contribution in [1.82, 2.24) is 10.2 Å². The number of amides is 1. The summed E-state index contributed by atoms with van der Waals surface area (Å²) in [4.78, 5) is 11.6. The van der Waals surface area contributed by atoms with Gasteiger partial charge in [0.1, 0.15) is 0 Å². The highest BCUT2D eigenvalue weighted by Gasteiger charge is 2.10. The van der Waals surface area contributed by atoms with E-state index in [2.05, 4.69) is 15.5 Å². The van der Waals surface area contributed by atoms with E-state index in [-0.39, 0.29) is 4.90 Å². The van der Waals surface area contributed by atoms with Gasteiger partial charge in [0.2, 0.25) is 10.0 Å². The van der Waals surface area contributed by atoms with Gasteiger partial charge in [0, 0.05) is 11.9 Å². The molecule has 0 aliphatic heterocycles. The van der Waals surface area contributed by atoms with Crippen molar-refractivity contribution in [2.24, 2.45) is 5.14 Å². The predicted octanol–water partition coefficient (Wildman–Crippen LogP) is 0.309. The average molecular weight is 266 g/mol. The Kier molecular flexibility index (Phi) is 3.13. The predicted molar refractivity (Wildman–Crippen MR) is 64.4 cm³/mol. The summed E-state index contributed by atoms with van der Waals surface area (Å²) in [5, 5.41) is 13.7. The number of H-pyrrole nitrogens is 1. The van der Waals surface area contributed by atoms with E-state index in [9.17, 15) is 13.2 Å².